The third-order valence-corrected chi connectivity index (χ3v) is 6.50. The summed E-state index contributed by atoms with van der Waals surface area (Å²) in [5, 5.41) is 12.5. The van der Waals surface area contributed by atoms with Gasteiger partial charge in [-0.25, -0.2) is 0 Å². The Hall–Kier alpha value is -3.56. The number of nitrogens with one attached hydrogen (secondary N) is 1. The van der Waals surface area contributed by atoms with Crippen molar-refractivity contribution in [2.45, 2.75) is 63.6 Å². The average molecular weight is 534 g/mol. The monoisotopic (exact) mass is 533 g/mol. The molecule has 0 unspecified atom stereocenters. The average Bonchev–Trinajstić information content (AvgIpc) is 2.94. The highest BCUT2D eigenvalue weighted by atomic mass is 16.6. The van der Waals surface area contributed by atoms with Gasteiger partial charge in [0.25, 0.3) is 0 Å². The van der Waals surface area contributed by atoms with Crippen molar-refractivity contribution in [2.24, 2.45) is 0 Å². The van der Waals surface area contributed by atoms with E-state index in [0.717, 1.165) is 16.7 Å². The molecule has 1 aliphatic heterocycles. The topological polar surface area (TPSA) is 103 Å². The van der Waals surface area contributed by atoms with Crippen LogP contribution in [0.1, 0.15) is 30.0 Å². The Balaban J connectivity index is 1.60. The van der Waals surface area contributed by atoms with E-state index < -0.39 is 36.4 Å². The quantitative estimate of drug-likeness (QED) is 0.341. The van der Waals surface area contributed by atoms with Gasteiger partial charge in [0.15, 0.2) is 0 Å². The highest BCUT2D eigenvalue weighted by molar-refractivity contribution is 5.74. The summed E-state index contributed by atoms with van der Waals surface area (Å²) in [7, 11) is 0. The van der Waals surface area contributed by atoms with E-state index in [2.05, 4.69) is 5.32 Å². The summed E-state index contributed by atoms with van der Waals surface area (Å²) in [5.74, 6) is -1.35. The number of carbonyl (C=O) groups is 2. The number of aliphatic carboxylic acids is 1. The molecule has 0 radical (unpaired) electrons. The fourth-order valence-corrected chi connectivity index (χ4v) is 4.71. The van der Waals surface area contributed by atoms with Crippen LogP contribution >= 0.6 is 0 Å². The van der Waals surface area contributed by atoms with Crippen molar-refractivity contribution in [3.63, 3.8) is 0 Å². The maximum Gasteiger partial charge on any atom is 0.306 e. The van der Waals surface area contributed by atoms with Gasteiger partial charge in [-0.3, -0.25) is 9.59 Å². The molecule has 4 rings (SSSR count). The lowest BCUT2D eigenvalue weighted by Crippen LogP contribution is -2.65. The highest BCUT2D eigenvalue weighted by Gasteiger charge is 2.48. The second-order valence-corrected chi connectivity index (χ2v) is 9.56. The van der Waals surface area contributed by atoms with Crippen LogP contribution in [0.15, 0.2) is 91.0 Å². The first kappa shape index (κ1) is 28.4. The van der Waals surface area contributed by atoms with Crippen LogP contribution in [-0.4, -0.2) is 54.0 Å². The van der Waals surface area contributed by atoms with Crippen molar-refractivity contribution in [1.29, 1.82) is 0 Å². The third-order valence-electron chi connectivity index (χ3n) is 6.50. The van der Waals surface area contributed by atoms with Crippen LogP contribution < -0.4 is 5.32 Å². The Morgan fingerprint density at radius 1 is 0.744 bits per heavy atom. The minimum Gasteiger partial charge on any atom is -0.481 e. The molecule has 1 heterocycles. The molecular weight excluding hydrogens is 498 g/mol. The molecule has 3 aromatic carbocycles. The zero-order valence-corrected chi connectivity index (χ0v) is 22.0. The molecule has 0 spiro atoms. The van der Waals surface area contributed by atoms with Gasteiger partial charge in [-0.05, 0) is 16.7 Å². The Morgan fingerprint density at radius 3 is 1.72 bits per heavy atom. The molecule has 1 saturated heterocycles. The van der Waals surface area contributed by atoms with E-state index in [-0.39, 0.29) is 32.1 Å². The van der Waals surface area contributed by atoms with E-state index in [0.29, 0.717) is 6.61 Å². The minimum atomic E-state index is -1.04. The van der Waals surface area contributed by atoms with Gasteiger partial charge < -0.3 is 29.4 Å². The number of ether oxygens (including phenoxy) is 4. The Labute approximate surface area is 228 Å². The predicted octanol–water partition coefficient (Wildman–Crippen LogP) is 4.12. The highest BCUT2D eigenvalue weighted by Crippen LogP contribution is 2.30. The summed E-state index contributed by atoms with van der Waals surface area (Å²) in [6.45, 7) is 2.44. The van der Waals surface area contributed by atoms with Crippen LogP contribution in [-0.2, 0) is 48.4 Å². The van der Waals surface area contributed by atoms with E-state index in [4.69, 9.17) is 18.9 Å². The van der Waals surface area contributed by atoms with Gasteiger partial charge in [0.1, 0.15) is 18.3 Å². The standard InChI is InChI=1S/C31H35NO7/c1-22(33)32-29-26(17-28(34)35)39-27(21-36-18-23-11-5-2-6-12-23)30(37-19-24-13-7-3-8-14-24)31(29)38-20-25-15-9-4-10-16-25/h2-16,26-27,29-31H,17-21H2,1H3,(H,32,33)(H,34,35)/t26-,27-,29+,30-,31-/m1/s1. The Kier molecular flexibility index (Phi) is 10.6. The molecule has 1 fully saturated rings. The second-order valence-electron chi connectivity index (χ2n) is 9.56. The molecule has 206 valence electrons. The maximum atomic E-state index is 12.2. The van der Waals surface area contributed by atoms with Gasteiger partial charge >= 0.3 is 5.97 Å². The summed E-state index contributed by atoms with van der Waals surface area (Å²) in [5.41, 5.74) is 2.91. The van der Waals surface area contributed by atoms with Gasteiger partial charge in [0.05, 0.1) is 45.0 Å². The zero-order chi connectivity index (χ0) is 27.5. The van der Waals surface area contributed by atoms with Crippen LogP contribution in [0.5, 0.6) is 0 Å². The Bertz CT molecular complexity index is 1160. The molecule has 1 amide bonds. The molecule has 5 atom stereocenters. The molecule has 8 nitrogen and oxygen atoms in total. The van der Waals surface area contributed by atoms with Crippen LogP contribution in [0.25, 0.3) is 0 Å². The van der Waals surface area contributed by atoms with E-state index in [1.54, 1.807) is 0 Å². The first-order chi connectivity index (χ1) is 19.0. The number of carbonyl (C=O) groups excluding carboxylic acids is 1. The van der Waals surface area contributed by atoms with Crippen molar-refractivity contribution >= 4 is 11.9 Å². The molecule has 0 aliphatic carbocycles. The van der Waals surface area contributed by atoms with Gasteiger partial charge in [0, 0.05) is 6.92 Å². The lowest BCUT2D eigenvalue weighted by molar-refractivity contribution is -0.234. The normalized spacial score (nSPS) is 22.7. The summed E-state index contributed by atoms with van der Waals surface area (Å²) >= 11 is 0. The number of rotatable bonds is 13. The number of hydrogen-bond acceptors (Lipinski definition) is 6. The summed E-state index contributed by atoms with van der Waals surface area (Å²) in [4.78, 5) is 24.0. The van der Waals surface area contributed by atoms with Gasteiger partial charge in [-0.1, -0.05) is 91.0 Å². The van der Waals surface area contributed by atoms with Crippen molar-refractivity contribution in [1.82, 2.24) is 5.32 Å². The molecule has 2 N–H and O–H groups in total. The van der Waals surface area contributed by atoms with E-state index in [1.807, 2.05) is 91.0 Å². The largest absolute Gasteiger partial charge is 0.481 e. The predicted molar refractivity (Wildman–Crippen MR) is 145 cm³/mol. The zero-order valence-electron chi connectivity index (χ0n) is 22.0. The van der Waals surface area contributed by atoms with E-state index in [1.165, 1.54) is 6.92 Å². The van der Waals surface area contributed by atoms with Crippen LogP contribution in [0.2, 0.25) is 0 Å². The lowest BCUT2D eigenvalue weighted by Gasteiger charge is -2.46. The number of carboxylic acid groups (broad SMARTS) is 1. The SMILES string of the molecule is CC(=O)N[C@@H]1[C@@H](OCc2ccccc2)[C@H](OCc2ccccc2)[C@@H](COCc2ccccc2)O[C@@H]1CC(=O)O. The minimum absolute atomic E-state index is 0.155. The first-order valence-corrected chi connectivity index (χ1v) is 13.1. The summed E-state index contributed by atoms with van der Waals surface area (Å²) < 4.78 is 25.2. The third kappa shape index (κ3) is 8.73. The molecular formula is C31H35NO7. The number of amides is 1. The molecule has 1 aliphatic rings. The molecule has 0 aromatic heterocycles. The molecule has 8 heteroatoms. The lowest BCUT2D eigenvalue weighted by atomic mass is 9.90. The number of hydrogen-bond donors (Lipinski definition) is 2. The fourth-order valence-electron chi connectivity index (χ4n) is 4.71. The van der Waals surface area contributed by atoms with Crippen LogP contribution in [0.4, 0.5) is 0 Å². The first-order valence-electron chi connectivity index (χ1n) is 13.1. The number of carboxylic acids is 1. The van der Waals surface area contributed by atoms with E-state index in [9.17, 15) is 14.7 Å². The van der Waals surface area contributed by atoms with Gasteiger partial charge in [0.2, 0.25) is 5.91 Å². The van der Waals surface area contributed by atoms with Gasteiger partial charge in [-0.2, -0.15) is 0 Å². The molecule has 0 bridgehead atoms. The second kappa shape index (κ2) is 14.6. The summed E-state index contributed by atoms with van der Waals surface area (Å²) in [6, 6.07) is 28.4. The molecule has 39 heavy (non-hydrogen) atoms. The van der Waals surface area contributed by atoms with Crippen molar-refractivity contribution in [3.8, 4) is 0 Å². The van der Waals surface area contributed by atoms with E-state index >= 15 is 0 Å². The number of benzene rings is 3. The maximum absolute atomic E-state index is 12.2. The van der Waals surface area contributed by atoms with Crippen molar-refractivity contribution in [2.75, 3.05) is 6.61 Å². The smallest absolute Gasteiger partial charge is 0.306 e. The van der Waals surface area contributed by atoms with Gasteiger partial charge in [-0.15, -0.1) is 0 Å². The molecule has 0 saturated carbocycles. The Morgan fingerprint density at radius 2 is 1.23 bits per heavy atom. The van der Waals surface area contributed by atoms with Crippen LogP contribution in [0, 0.1) is 0 Å². The van der Waals surface area contributed by atoms with Crippen molar-refractivity contribution in [3.05, 3.63) is 108 Å². The summed E-state index contributed by atoms with van der Waals surface area (Å²) in [6.07, 6.45) is -3.12. The van der Waals surface area contributed by atoms with Crippen molar-refractivity contribution < 1.29 is 33.6 Å². The molecule has 3 aromatic rings. The van der Waals surface area contributed by atoms with Crippen LogP contribution in [0.3, 0.4) is 0 Å². The fraction of sp³-hybridized carbons (Fsp3) is 0.355.